The number of fused-ring (bicyclic) bond motifs is 3. The number of phosphoric ester groups is 1. The molecule has 0 saturated heterocycles. The topological polar surface area (TPSA) is 106 Å². The summed E-state index contributed by atoms with van der Waals surface area (Å²) in [7, 11) is -4.49. The third kappa shape index (κ3) is 5.04. The highest BCUT2D eigenvalue weighted by Crippen LogP contribution is 2.45. The Morgan fingerprint density at radius 3 is 2.93 bits per heavy atom. The summed E-state index contributed by atoms with van der Waals surface area (Å²) in [5.74, 6) is 0.299. The molecule has 1 fully saturated rings. The molecule has 0 radical (unpaired) electrons. The van der Waals surface area contributed by atoms with Gasteiger partial charge >= 0.3 is 7.82 Å². The van der Waals surface area contributed by atoms with Crippen LogP contribution in [0, 0.1) is 0 Å². The van der Waals surface area contributed by atoms with Gasteiger partial charge in [-0.05, 0) is 67.6 Å². The summed E-state index contributed by atoms with van der Waals surface area (Å²) in [5, 5.41) is 1.26. The number of hydrogen-bond donors (Lipinski definition) is 3. The number of hydrogen-bond acceptors (Lipinski definition) is 5. The van der Waals surface area contributed by atoms with Gasteiger partial charge in [-0.2, -0.15) is 0 Å². The van der Waals surface area contributed by atoms with E-state index in [0.717, 1.165) is 25.7 Å². The second-order valence-electron chi connectivity index (χ2n) is 8.82. The predicted molar refractivity (Wildman–Crippen MR) is 120 cm³/mol. The maximum absolute atomic E-state index is 11.0. The fourth-order valence-electron chi connectivity index (χ4n) is 4.75. The molecular weight excluding hydrogens is 419 g/mol. The van der Waals surface area contributed by atoms with Crippen molar-refractivity contribution in [2.24, 2.45) is 5.73 Å². The average molecular weight is 451 g/mol. The number of thiazole rings is 1. The summed E-state index contributed by atoms with van der Waals surface area (Å²) in [6, 6.07) is 6.75. The molecule has 2 aromatic rings. The Labute approximate surface area is 182 Å². The standard InChI is InChI=1S/C22H31N2O4PS/c1-2-3-4-5-20-24-19-9-7-16-12-15(6-8-18(16)21(19)30-20)17-10-11-22(23,13-17)14-28-29(25,26)27/h6,8,12,17H,2-5,7,9-11,13-14,23H2,1H3,(H2,25,26,27)/t17-,22-/m1/s1. The number of rotatable bonds is 8. The van der Waals surface area contributed by atoms with E-state index in [9.17, 15) is 4.57 Å². The summed E-state index contributed by atoms with van der Waals surface area (Å²) in [6.07, 6.45) is 9.08. The molecule has 1 aromatic heterocycles. The van der Waals surface area contributed by atoms with E-state index >= 15 is 0 Å². The molecule has 30 heavy (non-hydrogen) atoms. The molecule has 1 heterocycles. The van der Waals surface area contributed by atoms with Gasteiger partial charge in [0.05, 0.1) is 22.2 Å². The maximum atomic E-state index is 11.0. The smallest absolute Gasteiger partial charge is 0.323 e. The molecule has 164 valence electrons. The second kappa shape index (κ2) is 8.81. The van der Waals surface area contributed by atoms with Crippen LogP contribution in [0.3, 0.4) is 0 Å². The molecule has 2 aliphatic rings. The van der Waals surface area contributed by atoms with Gasteiger partial charge in [0, 0.05) is 5.54 Å². The van der Waals surface area contributed by atoms with Gasteiger partial charge in [0.1, 0.15) is 0 Å². The molecule has 6 nitrogen and oxygen atoms in total. The zero-order valence-corrected chi connectivity index (χ0v) is 19.2. The SMILES string of the molecule is CCCCCc1nc2c(s1)-c1ccc([C@@H]3CC[C@](N)(COP(=O)(O)O)C3)cc1CC2. The van der Waals surface area contributed by atoms with Crippen molar-refractivity contribution in [3.63, 3.8) is 0 Å². The highest BCUT2D eigenvalue weighted by Gasteiger charge is 2.38. The van der Waals surface area contributed by atoms with Crippen molar-refractivity contribution < 1.29 is 18.9 Å². The fourth-order valence-corrected chi connectivity index (χ4v) is 6.39. The largest absolute Gasteiger partial charge is 0.469 e. The van der Waals surface area contributed by atoms with Crippen LogP contribution in [0.1, 0.15) is 73.2 Å². The Kier molecular flexibility index (Phi) is 6.50. The maximum Gasteiger partial charge on any atom is 0.469 e. The van der Waals surface area contributed by atoms with Crippen molar-refractivity contribution in [2.75, 3.05) is 6.61 Å². The zero-order chi connectivity index (χ0) is 21.4. The molecule has 2 atom stereocenters. The summed E-state index contributed by atoms with van der Waals surface area (Å²) >= 11 is 1.85. The molecule has 8 heteroatoms. The fraction of sp³-hybridized carbons (Fsp3) is 0.591. The first-order valence-electron chi connectivity index (χ1n) is 10.9. The number of nitrogens with zero attached hydrogens (tertiary/aromatic N) is 1. The first-order chi connectivity index (χ1) is 14.3. The van der Waals surface area contributed by atoms with Crippen molar-refractivity contribution in [3.8, 4) is 10.4 Å². The summed E-state index contributed by atoms with van der Waals surface area (Å²) in [5.41, 5.74) is 10.9. The second-order valence-corrected chi connectivity index (χ2v) is 11.1. The van der Waals surface area contributed by atoms with Gasteiger partial charge in [-0.15, -0.1) is 11.3 Å². The van der Waals surface area contributed by atoms with Crippen molar-refractivity contribution in [1.29, 1.82) is 0 Å². The highest BCUT2D eigenvalue weighted by molar-refractivity contribution is 7.46. The Morgan fingerprint density at radius 1 is 1.33 bits per heavy atom. The van der Waals surface area contributed by atoms with Crippen LogP contribution in [0.5, 0.6) is 0 Å². The lowest BCUT2D eigenvalue weighted by Gasteiger charge is -2.24. The number of benzene rings is 1. The Balaban J connectivity index is 1.47. The van der Waals surface area contributed by atoms with E-state index in [-0.39, 0.29) is 6.61 Å². The van der Waals surface area contributed by atoms with E-state index in [1.807, 2.05) is 11.3 Å². The first kappa shape index (κ1) is 22.1. The minimum Gasteiger partial charge on any atom is -0.323 e. The Hall–Kier alpha value is -1.08. The van der Waals surface area contributed by atoms with Gasteiger partial charge in [-0.3, -0.25) is 4.52 Å². The minimum absolute atomic E-state index is 0.107. The van der Waals surface area contributed by atoms with Gasteiger partial charge in [-0.1, -0.05) is 38.0 Å². The minimum atomic E-state index is -4.49. The van der Waals surface area contributed by atoms with Crippen LogP contribution in [-0.2, 0) is 28.4 Å². The molecule has 2 aliphatic carbocycles. The lowest BCUT2D eigenvalue weighted by Crippen LogP contribution is -2.41. The van der Waals surface area contributed by atoms with Gasteiger partial charge in [-0.25, -0.2) is 9.55 Å². The molecular formula is C22H31N2O4PS. The van der Waals surface area contributed by atoms with Gasteiger partial charge < -0.3 is 15.5 Å². The number of unbranched alkanes of at least 4 members (excludes halogenated alkanes) is 2. The third-order valence-corrected chi connectivity index (χ3v) is 8.03. The molecule has 0 aliphatic heterocycles. The molecule has 4 rings (SSSR count). The lowest BCUT2D eigenvalue weighted by atomic mass is 9.87. The lowest BCUT2D eigenvalue weighted by molar-refractivity contribution is 0.153. The van der Waals surface area contributed by atoms with Crippen molar-refractivity contribution in [3.05, 3.63) is 40.0 Å². The van der Waals surface area contributed by atoms with E-state index in [0.29, 0.717) is 18.8 Å². The molecule has 1 saturated carbocycles. The molecule has 0 spiro atoms. The quantitative estimate of drug-likeness (QED) is 0.397. The predicted octanol–water partition coefficient (Wildman–Crippen LogP) is 4.72. The van der Waals surface area contributed by atoms with Gasteiger partial charge in [0.2, 0.25) is 0 Å². The van der Waals surface area contributed by atoms with Crippen LogP contribution in [0.4, 0.5) is 0 Å². The van der Waals surface area contributed by atoms with E-state index in [1.165, 1.54) is 51.5 Å². The van der Waals surface area contributed by atoms with E-state index in [4.69, 9.17) is 25.0 Å². The van der Waals surface area contributed by atoms with Crippen LogP contribution in [0.25, 0.3) is 10.4 Å². The first-order valence-corrected chi connectivity index (χ1v) is 13.2. The average Bonchev–Trinajstić information content (AvgIpc) is 3.30. The molecule has 0 unspecified atom stereocenters. The Bertz CT molecular complexity index is 957. The number of phosphoric acid groups is 1. The van der Waals surface area contributed by atoms with Crippen LogP contribution >= 0.6 is 19.2 Å². The highest BCUT2D eigenvalue weighted by atomic mass is 32.1. The van der Waals surface area contributed by atoms with Crippen molar-refractivity contribution in [1.82, 2.24) is 4.98 Å². The molecule has 1 aromatic carbocycles. The molecule has 0 bridgehead atoms. The summed E-state index contributed by atoms with van der Waals surface area (Å²) < 4.78 is 15.7. The third-order valence-electron chi connectivity index (χ3n) is 6.38. The summed E-state index contributed by atoms with van der Waals surface area (Å²) in [4.78, 5) is 24.2. The van der Waals surface area contributed by atoms with Crippen molar-refractivity contribution in [2.45, 2.75) is 76.2 Å². The number of aryl methyl sites for hydroxylation is 3. The van der Waals surface area contributed by atoms with Crippen LogP contribution < -0.4 is 5.73 Å². The zero-order valence-electron chi connectivity index (χ0n) is 17.5. The number of nitrogens with two attached hydrogens (primary N) is 1. The monoisotopic (exact) mass is 450 g/mol. The van der Waals surface area contributed by atoms with Crippen LogP contribution in [0.2, 0.25) is 0 Å². The van der Waals surface area contributed by atoms with Gasteiger partial charge in [0.15, 0.2) is 0 Å². The Morgan fingerprint density at radius 2 is 2.17 bits per heavy atom. The van der Waals surface area contributed by atoms with E-state index < -0.39 is 13.4 Å². The number of aromatic nitrogens is 1. The molecule has 4 N–H and O–H groups in total. The summed E-state index contributed by atoms with van der Waals surface area (Å²) in [6.45, 7) is 2.12. The van der Waals surface area contributed by atoms with E-state index in [2.05, 4.69) is 25.1 Å². The van der Waals surface area contributed by atoms with Gasteiger partial charge in [0.25, 0.3) is 0 Å². The molecule has 0 amide bonds. The van der Waals surface area contributed by atoms with Crippen LogP contribution in [0.15, 0.2) is 18.2 Å². The van der Waals surface area contributed by atoms with E-state index in [1.54, 1.807) is 0 Å². The van der Waals surface area contributed by atoms with Crippen LogP contribution in [-0.4, -0.2) is 26.9 Å². The normalized spacial score (nSPS) is 23.4. The van der Waals surface area contributed by atoms with Crippen molar-refractivity contribution >= 4 is 19.2 Å².